The molecular formula is C23H41BrN2O2. The highest BCUT2D eigenvalue weighted by atomic mass is 79.9. The highest BCUT2D eigenvalue weighted by Gasteiger charge is 2.12. The molecule has 5 heteroatoms. The van der Waals surface area contributed by atoms with E-state index in [2.05, 4.69) is 27.4 Å². The Morgan fingerprint density at radius 3 is 1.93 bits per heavy atom. The second-order valence-corrected chi connectivity index (χ2v) is 7.65. The molecule has 0 spiro atoms. The van der Waals surface area contributed by atoms with Gasteiger partial charge >= 0.3 is 6.09 Å². The Bertz CT molecular complexity index is 487. The van der Waals surface area contributed by atoms with Crippen molar-refractivity contribution in [1.29, 1.82) is 0 Å². The number of amides is 1. The highest BCUT2D eigenvalue weighted by molar-refractivity contribution is 6.04. The SMILES string of the molecule is CCCCCCCCCCCCCCCC[N+]1=CC=CC(=NC(=O)OC)C1.[Br-]. The van der Waals surface area contributed by atoms with E-state index in [1.807, 2.05) is 12.2 Å². The monoisotopic (exact) mass is 456 g/mol. The van der Waals surface area contributed by atoms with Crippen molar-refractivity contribution in [3.63, 3.8) is 0 Å². The number of halogens is 1. The van der Waals surface area contributed by atoms with Crippen LogP contribution < -0.4 is 17.0 Å². The lowest BCUT2D eigenvalue weighted by atomic mass is 10.0. The molecule has 1 amide bonds. The lowest BCUT2D eigenvalue weighted by Gasteiger charge is -2.07. The molecule has 162 valence electrons. The van der Waals surface area contributed by atoms with Gasteiger partial charge in [-0.2, -0.15) is 4.99 Å². The zero-order valence-electron chi connectivity index (χ0n) is 18.1. The zero-order valence-corrected chi connectivity index (χ0v) is 19.7. The summed E-state index contributed by atoms with van der Waals surface area (Å²) in [6.07, 6.45) is 24.7. The Balaban J connectivity index is 0.00000729. The molecular weight excluding hydrogens is 416 g/mol. The fourth-order valence-corrected chi connectivity index (χ4v) is 3.49. The van der Waals surface area contributed by atoms with Crippen LogP contribution in [0, 0.1) is 0 Å². The minimum atomic E-state index is -0.520. The van der Waals surface area contributed by atoms with Gasteiger partial charge in [-0.1, -0.05) is 84.0 Å². The van der Waals surface area contributed by atoms with E-state index in [-0.39, 0.29) is 17.0 Å². The molecule has 0 aromatic rings. The topological polar surface area (TPSA) is 41.7 Å². The van der Waals surface area contributed by atoms with E-state index in [1.165, 1.54) is 97.0 Å². The smallest absolute Gasteiger partial charge is 0.433 e. The second-order valence-electron chi connectivity index (χ2n) is 7.65. The molecule has 0 aromatic heterocycles. The molecule has 0 N–H and O–H groups in total. The molecule has 1 rings (SSSR count). The van der Waals surface area contributed by atoms with Crippen LogP contribution >= 0.6 is 0 Å². The van der Waals surface area contributed by atoms with Gasteiger partial charge in [0.05, 0.1) is 7.11 Å². The van der Waals surface area contributed by atoms with E-state index in [1.54, 1.807) is 0 Å². The third-order valence-corrected chi connectivity index (χ3v) is 5.16. The van der Waals surface area contributed by atoms with Crippen molar-refractivity contribution in [3.05, 3.63) is 12.2 Å². The molecule has 0 saturated carbocycles. The van der Waals surface area contributed by atoms with Gasteiger partial charge in [-0.15, -0.1) is 0 Å². The number of carbonyl (C=O) groups excluding carboxylic acids is 1. The first-order valence-electron chi connectivity index (χ1n) is 11.2. The predicted octanol–water partition coefficient (Wildman–Crippen LogP) is 3.33. The van der Waals surface area contributed by atoms with Crippen molar-refractivity contribution in [3.8, 4) is 0 Å². The predicted molar refractivity (Wildman–Crippen MR) is 115 cm³/mol. The van der Waals surface area contributed by atoms with Gasteiger partial charge in [-0.3, -0.25) is 0 Å². The maximum absolute atomic E-state index is 11.2. The van der Waals surface area contributed by atoms with Crippen LogP contribution in [0.3, 0.4) is 0 Å². The Morgan fingerprint density at radius 2 is 1.43 bits per heavy atom. The molecule has 4 nitrogen and oxygen atoms in total. The summed E-state index contributed by atoms with van der Waals surface area (Å²) in [6.45, 7) is 4.01. The second kappa shape index (κ2) is 19.4. The molecule has 0 aromatic carbocycles. The van der Waals surface area contributed by atoms with Gasteiger partial charge in [0.2, 0.25) is 0 Å². The van der Waals surface area contributed by atoms with Crippen molar-refractivity contribution in [2.45, 2.75) is 96.8 Å². The zero-order chi connectivity index (χ0) is 19.6. The molecule has 0 saturated heterocycles. The quantitative estimate of drug-likeness (QED) is 0.280. The number of allylic oxidation sites excluding steroid dienone is 1. The van der Waals surface area contributed by atoms with Crippen molar-refractivity contribution in [1.82, 2.24) is 0 Å². The van der Waals surface area contributed by atoms with Crippen LogP contribution in [0.2, 0.25) is 0 Å². The van der Waals surface area contributed by atoms with E-state index in [0.717, 1.165) is 12.3 Å². The summed E-state index contributed by atoms with van der Waals surface area (Å²) >= 11 is 0. The molecule has 1 aliphatic heterocycles. The molecule has 0 radical (unpaired) electrons. The van der Waals surface area contributed by atoms with Crippen molar-refractivity contribution in [2.75, 3.05) is 20.2 Å². The van der Waals surface area contributed by atoms with Gasteiger partial charge in [0, 0.05) is 12.5 Å². The van der Waals surface area contributed by atoms with E-state index in [4.69, 9.17) is 0 Å². The molecule has 1 aliphatic rings. The van der Waals surface area contributed by atoms with Gasteiger partial charge in [-0.25, -0.2) is 9.37 Å². The van der Waals surface area contributed by atoms with Crippen molar-refractivity contribution >= 4 is 18.0 Å². The molecule has 1 heterocycles. The van der Waals surface area contributed by atoms with Crippen LogP contribution in [0.4, 0.5) is 4.79 Å². The Labute approximate surface area is 183 Å². The number of ether oxygens (including phenoxy) is 1. The van der Waals surface area contributed by atoms with Gasteiger partial charge < -0.3 is 21.7 Å². The lowest BCUT2D eigenvalue weighted by Crippen LogP contribution is -3.00. The Kier molecular flexibility index (Phi) is 18.7. The van der Waals surface area contributed by atoms with Crippen LogP contribution in [-0.2, 0) is 4.74 Å². The first-order chi connectivity index (χ1) is 13.3. The summed E-state index contributed by atoms with van der Waals surface area (Å²) in [4.78, 5) is 15.1. The molecule has 0 atom stereocenters. The average Bonchev–Trinajstić information content (AvgIpc) is 2.68. The van der Waals surface area contributed by atoms with Crippen molar-refractivity contribution in [2.24, 2.45) is 4.99 Å². The highest BCUT2D eigenvalue weighted by Crippen LogP contribution is 2.13. The van der Waals surface area contributed by atoms with Gasteiger partial charge in [0.15, 0.2) is 12.8 Å². The van der Waals surface area contributed by atoms with Gasteiger partial charge in [0.25, 0.3) is 0 Å². The molecule has 0 unspecified atom stereocenters. The standard InChI is InChI=1S/C23H41N2O2.BrH/c1-3-4-5-6-7-8-9-10-11-12-13-14-15-16-19-25-20-17-18-22(21-25)24-23(26)27-2;/h17-18,20H,3-16,19,21H2,1-2H3;1H/q+1;/p-1. The largest absolute Gasteiger partial charge is 1.00 e. The Hall–Kier alpha value is -0.970. The number of hydrogen-bond donors (Lipinski definition) is 0. The maximum atomic E-state index is 11.2. The number of rotatable bonds is 15. The number of carbonyl (C=O) groups is 1. The fraction of sp³-hybridized carbons (Fsp3) is 0.783. The van der Waals surface area contributed by atoms with Crippen molar-refractivity contribution < 1.29 is 31.1 Å². The molecule has 0 fully saturated rings. The first-order valence-corrected chi connectivity index (χ1v) is 11.2. The van der Waals surface area contributed by atoms with E-state index >= 15 is 0 Å². The molecule has 0 bridgehead atoms. The van der Waals surface area contributed by atoms with Crippen LogP contribution in [0.25, 0.3) is 0 Å². The van der Waals surface area contributed by atoms with Crippen LogP contribution in [-0.4, -0.2) is 42.8 Å². The summed E-state index contributed by atoms with van der Waals surface area (Å²) in [6, 6.07) is 0. The number of hydrogen-bond acceptors (Lipinski definition) is 2. The molecule has 0 aliphatic carbocycles. The summed E-state index contributed by atoms with van der Waals surface area (Å²) in [5.74, 6) is 0. The van der Waals surface area contributed by atoms with Gasteiger partial charge in [0.1, 0.15) is 12.3 Å². The third kappa shape index (κ3) is 15.0. The average molecular weight is 457 g/mol. The van der Waals surface area contributed by atoms with E-state index in [9.17, 15) is 4.79 Å². The molecule has 28 heavy (non-hydrogen) atoms. The summed E-state index contributed by atoms with van der Waals surface area (Å²) in [7, 11) is 1.36. The number of methoxy groups -OCH3 is 1. The fourth-order valence-electron chi connectivity index (χ4n) is 3.49. The number of nitrogens with zero attached hydrogens (tertiary/aromatic N) is 2. The number of unbranched alkanes of at least 4 members (excludes halogenated alkanes) is 13. The summed E-state index contributed by atoms with van der Waals surface area (Å²) < 4.78 is 6.81. The first kappa shape index (κ1) is 27.0. The Morgan fingerprint density at radius 1 is 0.929 bits per heavy atom. The minimum absolute atomic E-state index is 0. The lowest BCUT2D eigenvalue weighted by molar-refractivity contribution is -0.508. The third-order valence-electron chi connectivity index (χ3n) is 5.16. The number of aliphatic imine (C=N–C) groups is 1. The normalized spacial score (nSPS) is 14.6. The van der Waals surface area contributed by atoms with Crippen LogP contribution in [0.5, 0.6) is 0 Å². The van der Waals surface area contributed by atoms with E-state index in [0.29, 0.717) is 6.54 Å². The summed E-state index contributed by atoms with van der Waals surface area (Å²) in [5.41, 5.74) is 0.773. The van der Waals surface area contributed by atoms with Gasteiger partial charge in [-0.05, 0) is 12.5 Å². The minimum Gasteiger partial charge on any atom is -1.00 e. The van der Waals surface area contributed by atoms with Crippen LogP contribution in [0.15, 0.2) is 17.1 Å². The van der Waals surface area contributed by atoms with E-state index < -0.39 is 6.09 Å². The summed E-state index contributed by atoms with van der Waals surface area (Å²) in [5, 5.41) is 0. The maximum Gasteiger partial charge on any atom is 0.433 e. The van der Waals surface area contributed by atoms with Crippen LogP contribution in [0.1, 0.15) is 96.8 Å².